The average Bonchev–Trinajstić information content (AvgIpc) is 2.63. The zero-order valence-electron chi connectivity index (χ0n) is 10.8. The van der Waals surface area contributed by atoms with Gasteiger partial charge in [-0.25, -0.2) is 4.79 Å². The maximum atomic E-state index is 12.6. The van der Waals surface area contributed by atoms with Crippen LogP contribution in [0.15, 0.2) is 18.2 Å². The summed E-state index contributed by atoms with van der Waals surface area (Å²) in [6, 6.07) is 4.00. The number of carboxylic acids is 1. The van der Waals surface area contributed by atoms with Crippen LogP contribution < -0.4 is 0 Å². The van der Waals surface area contributed by atoms with E-state index in [0.717, 1.165) is 19.3 Å². The summed E-state index contributed by atoms with van der Waals surface area (Å²) in [5.41, 5.74) is 0.184. The van der Waals surface area contributed by atoms with Crippen LogP contribution in [0.2, 0.25) is 10.0 Å². The highest BCUT2D eigenvalue weighted by molar-refractivity contribution is 6.39. The molecule has 1 amide bonds. The van der Waals surface area contributed by atoms with E-state index in [4.69, 9.17) is 23.2 Å². The molecule has 0 saturated carbocycles. The lowest BCUT2D eigenvalue weighted by Crippen LogP contribution is -2.44. The third-order valence-corrected chi connectivity index (χ3v) is 4.11. The molecule has 0 bridgehead atoms. The first-order valence-corrected chi connectivity index (χ1v) is 7.25. The molecule has 6 heteroatoms. The van der Waals surface area contributed by atoms with Crippen molar-refractivity contribution < 1.29 is 14.7 Å². The summed E-state index contributed by atoms with van der Waals surface area (Å²) >= 11 is 12.1. The monoisotopic (exact) mass is 315 g/mol. The van der Waals surface area contributed by atoms with Crippen LogP contribution in [0.4, 0.5) is 0 Å². The summed E-state index contributed by atoms with van der Waals surface area (Å²) in [6.45, 7) is 0.414. The molecular formula is C14H15Cl2NO3. The molecule has 1 atom stereocenters. The molecule has 1 aliphatic rings. The minimum Gasteiger partial charge on any atom is -0.480 e. The predicted octanol–water partition coefficient (Wildman–Crippen LogP) is 3.46. The minimum absolute atomic E-state index is 0.184. The van der Waals surface area contributed by atoms with E-state index in [1.165, 1.54) is 4.90 Å². The smallest absolute Gasteiger partial charge is 0.326 e. The first-order chi connectivity index (χ1) is 9.52. The van der Waals surface area contributed by atoms with Crippen molar-refractivity contribution >= 4 is 35.1 Å². The highest BCUT2D eigenvalue weighted by atomic mass is 35.5. The van der Waals surface area contributed by atoms with Gasteiger partial charge in [-0.05, 0) is 25.0 Å². The maximum Gasteiger partial charge on any atom is 0.326 e. The topological polar surface area (TPSA) is 57.6 Å². The third kappa shape index (κ3) is 3.07. The Balaban J connectivity index is 2.36. The average molecular weight is 316 g/mol. The van der Waals surface area contributed by atoms with Gasteiger partial charge in [-0.3, -0.25) is 4.79 Å². The normalized spacial score (nSPS) is 19.5. The Morgan fingerprint density at radius 3 is 2.40 bits per heavy atom. The van der Waals surface area contributed by atoms with Gasteiger partial charge >= 0.3 is 5.97 Å². The lowest BCUT2D eigenvalue weighted by atomic mass is 10.1. The molecule has 0 aliphatic carbocycles. The second-order valence-electron chi connectivity index (χ2n) is 4.80. The number of halogens is 2. The van der Waals surface area contributed by atoms with Crippen LogP contribution in [-0.2, 0) is 4.79 Å². The minimum atomic E-state index is -0.983. The quantitative estimate of drug-likeness (QED) is 0.909. The number of benzene rings is 1. The Hall–Kier alpha value is -1.26. The van der Waals surface area contributed by atoms with E-state index in [9.17, 15) is 14.7 Å². The van der Waals surface area contributed by atoms with E-state index in [1.807, 2.05) is 0 Å². The number of hydrogen-bond acceptors (Lipinski definition) is 2. The van der Waals surface area contributed by atoms with Gasteiger partial charge in [-0.15, -0.1) is 0 Å². The second kappa shape index (κ2) is 6.46. The number of aliphatic carboxylic acids is 1. The van der Waals surface area contributed by atoms with E-state index >= 15 is 0 Å². The van der Waals surface area contributed by atoms with Crippen molar-refractivity contribution in [2.45, 2.75) is 31.7 Å². The molecule has 1 N–H and O–H groups in total. The van der Waals surface area contributed by atoms with E-state index < -0.39 is 17.9 Å². The highest BCUT2D eigenvalue weighted by Gasteiger charge is 2.32. The summed E-state index contributed by atoms with van der Waals surface area (Å²) < 4.78 is 0. The Kier molecular flexibility index (Phi) is 4.89. The molecule has 1 aromatic carbocycles. The Morgan fingerprint density at radius 1 is 1.15 bits per heavy atom. The van der Waals surface area contributed by atoms with Gasteiger partial charge in [0.25, 0.3) is 5.91 Å². The fourth-order valence-corrected chi connectivity index (χ4v) is 3.01. The van der Waals surface area contributed by atoms with E-state index in [2.05, 4.69) is 0 Å². The fourth-order valence-electron chi connectivity index (χ4n) is 2.45. The molecule has 1 heterocycles. The summed E-state index contributed by atoms with van der Waals surface area (Å²) in [6.07, 6.45) is 2.97. The summed E-state index contributed by atoms with van der Waals surface area (Å²) in [7, 11) is 0. The van der Waals surface area contributed by atoms with Crippen molar-refractivity contribution in [2.24, 2.45) is 0 Å². The Labute approximate surface area is 127 Å². The molecule has 1 aromatic rings. The van der Waals surface area contributed by atoms with Crippen molar-refractivity contribution in [3.63, 3.8) is 0 Å². The van der Waals surface area contributed by atoms with Gasteiger partial charge < -0.3 is 10.0 Å². The molecular weight excluding hydrogens is 301 g/mol. The van der Waals surface area contributed by atoms with Crippen molar-refractivity contribution in [1.29, 1.82) is 0 Å². The number of nitrogens with zero attached hydrogens (tertiary/aromatic N) is 1. The first-order valence-electron chi connectivity index (χ1n) is 6.50. The number of carbonyl (C=O) groups excluding carboxylic acids is 1. The van der Waals surface area contributed by atoms with Crippen molar-refractivity contribution in [1.82, 2.24) is 4.90 Å². The van der Waals surface area contributed by atoms with Crippen LogP contribution in [0.5, 0.6) is 0 Å². The van der Waals surface area contributed by atoms with Crippen molar-refractivity contribution in [3.8, 4) is 0 Å². The number of carboxylic acid groups (broad SMARTS) is 1. The van der Waals surface area contributed by atoms with Gasteiger partial charge in [-0.1, -0.05) is 42.1 Å². The second-order valence-corrected chi connectivity index (χ2v) is 5.61. The van der Waals surface area contributed by atoms with Crippen LogP contribution in [-0.4, -0.2) is 34.5 Å². The largest absolute Gasteiger partial charge is 0.480 e. The molecule has 0 spiro atoms. The number of hydrogen-bond donors (Lipinski definition) is 1. The van der Waals surface area contributed by atoms with Crippen LogP contribution in [0.3, 0.4) is 0 Å². The molecule has 1 fully saturated rings. The van der Waals surface area contributed by atoms with Gasteiger partial charge in [0.1, 0.15) is 6.04 Å². The van der Waals surface area contributed by atoms with E-state index in [-0.39, 0.29) is 15.6 Å². The number of carbonyl (C=O) groups is 2. The molecule has 0 radical (unpaired) electrons. The Morgan fingerprint density at radius 2 is 1.80 bits per heavy atom. The molecule has 1 aliphatic heterocycles. The lowest BCUT2D eigenvalue weighted by Gasteiger charge is -2.27. The van der Waals surface area contributed by atoms with Gasteiger partial charge in [0.15, 0.2) is 0 Å². The SMILES string of the molecule is O=C(O)C1CCCCCN1C(=O)c1c(Cl)cccc1Cl. The molecule has 0 aromatic heterocycles. The molecule has 1 unspecified atom stereocenters. The molecule has 1 saturated heterocycles. The van der Waals surface area contributed by atoms with Crippen LogP contribution >= 0.6 is 23.2 Å². The number of likely N-dealkylation sites (tertiary alicyclic amines) is 1. The van der Waals surface area contributed by atoms with Crippen molar-refractivity contribution in [3.05, 3.63) is 33.8 Å². The van der Waals surface area contributed by atoms with Gasteiger partial charge in [0.2, 0.25) is 0 Å². The van der Waals surface area contributed by atoms with E-state index in [1.54, 1.807) is 18.2 Å². The fraction of sp³-hybridized carbons (Fsp3) is 0.429. The summed E-state index contributed by atoms with van der Waals surface area (Å²) in [5, 5.41) is 9.80. The molecule has 108 valence electrons. The van der Waals surface area contributed by atoms with Gasteiger partial charge in [0, 0.05) is 6.54 Å². The molecule has 2 rings (SSSR count). The third-order valence-electron chi connectivity index (χ3n) is 3.48. The van der Waals surface area contributed by atoms with Crippen molar-refractivity contribution in [2.75, 3.05) is 6.54 Å². The standard InChI is InChI=1S/C14H15Cl2NO3/c15-9-5-4-6-10(16)12(9)13(18)17-8-3-1-2-7-11(17)14(19)20/h4-6,11H,1-3,7-8H2,(H,19,20). The lowest BCUT2D eigenvalue weighted by molar-refractivity contribution is -0.142. The number of amides is 1. The maximum absolute atomic E-state index is 12.6. The van der Waals surface area contributed by atoms with Gasteiger partial charge in [-0.2, -0.15) is 0 Å². The van der Waals surface area contributed by atoms with Crippen LogP contribution in [0.1, 0.15) is 36.0 Å². The number of rotatable bonds is 2. The molecule has 4 nitrogen and oxygen atoms in total. The summed E-state index contributed by atoms with van der Waals surface area (Å²) in [4.78, 5) is 25.3. The van der Waals surface area contributed by atoms with Gasteiger partial charge in [0.05, 0.1) is 15.6 Å². The Bertz CT molecular complexity index is 513. The van der Waals surface area contributed by atoms with Crippen LogP contribution in [0.25, 0.3) is 0 Å². The summed E-state index contributed by atoms with van der Waals surface area (Å²) in [5.74, 6) is -1.39. The molecule has 20 heavy (non-hydrogen) atoms. The highest BCUT2D eigenvalue weighted by Crippen LogP contribution is 2.28. The predicted molar refractivity (Wildman–Crippen MR) is 77.4 cm³/mol. The van der Waals surface area contributed by atoms with E-state index in [0.29, 0.717) is 13.0 Å². The van der Waals surface area contributed by atoms with Crippen LogP contribution in [0, 0.1) is 0 Å². The first kappa shape index (κ1) is 15.1. The zero-order valence-corrected chi connectivity index (χ0v) is 12.3. The zero-order chi connectivity index (χ0) is 14.7.